The molecule has 2 saturated heterocycles. The maximum atomic E-state index is 12.4. The summed E-state index contributed by atoms with van der Waals surface area (Å²) in [4.78, 5) is 37.5. The van der Waals surface area contributed by atoms with E-state index in [-0.39, 0.29) is 11.3 Å². The van der Waals surface area contributed by atoms with E-state index < -0.39 is 34.7 Å². The Morgan fingerprint density at radius 2 is 2.21 bits per heavy atom. The fourth-order valence-electron chi connectivity index (χ4n) is 3.44. The van der Waals surface area contributed by atoms with Crippen LogP contribution in [0.5, 0.6) is 0 Å². The number of β-lactam (4-membered cyclic amide) rings is 1. The first-order valence-corrected chi connectivity index (χ1v) is 8.76. The van der Waals surface area contributed by atoms with Gasteiger partial charge in [0.05, 0.1) is 0 Å². The Hall–Kier alpha value is -1.80. The van der Waals surface area contributed by atoms with Crippen LogP contribution in [-0.2, 0) is 14.4 Å². The van der Waals surface area contributed by atoms with E-state index >= 15 is 0 Å². The number of thioether (sulfide) groups is 1. The quantitative estimate of drug-likeness (QED) is 0.625. The Morgan fingerprint density at radius 3 is 2.79 bits per heavy atom. The molecule has 0 bridgehead atoms. The van der Waals surface area contributed by atoms with Gasteiger partial charge in [-0.25, -0.2) is 4.79 Å². The highest BCUT2D eigenvalue weighted by molar-refractivity contribution is 8.01. The van der Waals surface area contributed by atoms with Gasteiger partial charge in [0, 0.05) is 4.75 Å². The molecule has 2 aliphatic heterocycles. The number of amides is 2. The highest BCUT2D eigenvalue weighted by Crippen LogP contribution is 2.50. The largest absolute Gasteiger partial charge is 0.480 e. The molecule has 130 valence electrons. The van der Waals surface area contributed by atoms with Crippen molar-refractivity contribution in [2.75, 3.05) is 0 Å². The van der Waals surface area contributed by atoms with Crippen LogP contribution in [0.2, 0.25) is 0 Å². The smallest absolute Gasteiger partial charge is 0.327 e. The monoisotopic (exact) mass is 351 g/mol. The predicted octanol–water partition coefficient (Wildman–Crippen LogP) is 0.222. The Bertz CT molecular complexity index is 658. The van der Waals surface area contributed by atoms with Gasteiger partial charge in [-0.2, -0.15) is 0 Å². The zero-order valence-electron chi connectivity index (χ0n) is 13.6. The second kappa shape index (κ2) is 5.93. The van der Waals surface area contributed by atoms with E-state index in [9.17, 15) is 19.5 Å². The molecule has 4 atom stereocenters. The fraction of sp³-hybridized carbons (Fsp3) is 0.562. The molecule has 3 rings (SSSR count). The summed E-state index contributed by atoms with van der Waals surface area (Å²) in [6.07, 6.45) is 7.27. The summed E-state index contributed by atoms with van der Waals surface area (Å²) in [6.45, 7) is 3.59. The topological polar surface area (TPSA) is 113 Å². The predicted molar refractivity (Wildman–Crippen MR) is 90.1 cm³/mol. The van der Waals surface area contributed by atoms with E-state index in [1.807, 2.05) is 18.2 Å². The van der Waals surface area contributed by atoms with E-state index in [4.69, 9.17) is 5.73 Å². The molecule has 4 N–H and O–H groups in total. The molecule has 7 nitrogen and oxygen atoms in total. The number of carboxylic acid groups (broad SMARTS) is 1. The van der Waals surface area contributed by atoms with Crippen LogP contribution in [0.3, 0.4) is 0 Å². The standard InChI is InChI=1S/C16H21N3O4S/c1-16(2)11(15(22)23)19-13(21)10(14(19)24-16)18-12(20)9(17)8-6-4-3-5-7-8/h3-4,6,9-11,14H,5,7,17H2,1-2H3,(H,18,20)(H,22,23)/t9-,10-,11+,14-/m1/s1. The van der Waals surface area contributed by atoms with Gasteiger partial charge in [0.15, 0.2) is 0 Å². The first kappa shape index (κ1) is 17.0. The van der Waals surface area contributed by atoms with Crippen LogP contribution in [0.1, 0.15) is 26.7 Å². The normalized spacial score (nSPS) is 31.8. The summed E-state index contributed by atoms with van der Waals surface area (Å²) < 4.78 is -0.607. The third kappa shape index (κ3) is 2.63. The molecule has 0 aromatic rings. The Labute approximate surface area is 144 Å². The van der Waals surface area contributed by atoms with Gasteiger partial charge >= 0.3 is 5.97 Å². The van der Waals surface area contributed by atoms with Crippen molar-refractivity contribution in [3.8, 4) is 0 Å². The van der Waals surface area contributed by atoms with Crippen molar-refractivity contribution in [3.63, 3.8) is 0 Å². The van der Waals surface area contributed by atoms with Crippen LogP contribution in [0.25, 0.3) is 0 Å². The first-order chi connectivity index (χ1) is 11.2. The lowest BCUT2D eigenvalue weighted by Gasteiger charge is -2.43. The van der Waals surface area contributed by atoms with Crippen LogP contribution in [0.4, 0.5) is 0 Å². The molecule has 3 aliphatic rings. The SMILES string of the molecule is CC1(C)S[C@@H]2[C@H](NC(=O)[C@H](N)C3=CC=CCC3)C(=O)N2[C@H]1C(=O)O. The van der Waals surface area contributed by atoms with Crippen LogP contribution in [0, 0.1) is 0 Å². The van der Waals surface area contributed by atoms with Crippen LogP contribution < -0.4 is 11.1 Å². The van der Waals surface area contributed by atoms with Gasteiger partial charge in [0.2, 0.25) is 11.8 Å². The summed E-state index contributed by atoms with van der Waals surface area (Å²) >= 11 is 1.40. The van der Waals surface area contributed by atoms with Gasteiger partial charge in [-0.15, -0.1) is 11.8 Å². The molecule has 2 fully saturated rings. The summed E-state index contributed by atoms with van der Waals surface area (Å²) in [5.41, 5.74) is 6.83. The lowest BCUT2D eigenvalue weighted by molar-refractivity contribution is -0.161. The van der Waals surface area contributed by atoms with Crippen molar-refractivity contribution in [2.45, 2.75) is 54.9 Å². The van der Waals surface area contributed by atoms with E-state index in [0.29, 0.717) is 0 Å². The van der Waals surface area contributed by atoms with Gasteiger partial charge in [-0.1, -0.05) is 18.2 Å². The molecule has 0 saturated carbocycles. The number of hydrogen-bond donors (Lipinski definition) is 3. The van der Waals surface area contributed by atoms with E-state index in [1.54, 1.807) is 13.8 Å². The van der Waals surface area contributed by atoms with Crippen LogP contribution in [0.15, 0.2) is 23.8 Å². The summed E-state index contributed by atoms with van der Waals surface area (Å²) in [7, 11) is 0. The van der Waals surface area contributed by atoms with Gasteiger partial charge in [0.25, 0.3) is 0 Å². The van der Waals surface area contributed by atoms with Crippen molar-refractivity contribution in [1.29, 1.82) is 0 Å². The van der Waals surface area contributed by atoms with Gasteiger partial charge in [0.1, 0.15) is 23.5 Å². The Balaban J connectivity index is 1.69. The van der Waals surface area contributed by atoms with Crippen molar-refractivity contribution < 1.29 is 19.5 Å². The number of carbonyl (C=O) groups is 3. The lowest BCUT2D eigenvalue weighted by atomic mass is 9.95. The van der Waals surface area contributed by atoms with Crippen LogP contribution >= 0.6 is 11.8 Å². The molecule has 8 heteroatoms. The number of hydrogen-bond acceptors (Lipinski definition) is 5. The number of carbonyl (C=O) groups excluding carboxylic acids is 2. The molecule has 2 amide bonds. The van der Waals surface area contributed by atoms with Crippen LogP contribution in [-0.4, -0.2) is 56.0 Å². The molecule has 0 aromatic carbocycles. The second-order valence-electron chi connectivity index (χ2n) is 6.77. The third-order valence-electron chi connectivity index (χ3n) is 4.70. The minimum Gasteiger partial charge on any atom is -0.480 e. The molecule has 0 aromatic heterocycles. The molecule has 0 radical (unpaired) electrons. The second-order valence-corrected chi connectivity index (χ2v) is 8.54. The number of fused-ring (bicyclic) bond motifs is 1. The van der Waals surface area contributed by atoms with E-state index in [1.165, 1.54) is 16.7 Å². The number of rotatable bonds is 4. The minimum absolute atomic E-state index is 0.356. The van der Waals surface area contributed by atoms with E-state index in [2.05, 4.69) is 5.32 Å². The summed E-state index contributed by atoms with van der Waals surface area (Å²) in [5, 5.41) is 11.7. The zero-order valence-corrected chi connectivity index (χ0v) is 14.4. The summed E-state index contributed by atoms with van der Waals surface area (Å²) in [5.74, 6) is -1.78. The molecule has 0 spiro atoms. The third-order valence-corrected chi connectivity index (χ3v) is 6.27. The average Bonchev–Trinajstić information content (AvgIpc) is 2.80. The Kier molecular flexibility index (Phi) is 4.21. The number of allylic oxidation sites excluding steroid dienone is 3. The maximum Gasteiger partial charge on any atom is 0.327 e. The molecular formula is C16H21N3O4S. The van der Waals surface area contributed by atoms with Crippen molar-refractivity contribution >= 4 is 29.5 Å². The highest BCUT2D eigenvalue weighted by atomic mass is 32.2. The Morgan fingerprint density at radius 1 is 1.50 bits per heavy atom. The summed E-state index contributed by atoms with van der Waals surface area (Å²) in [6, 6.07) is -2.38. The average molecular weight is 351 g/mol. The number of nitrogens with two attached hydrogens (primary N) is 1. The minimum atomic E-state index is -1.02. The maximum absolute atomic E-state index is 12.4. The number of nitrogens with zero attached hydrogens (tertiary/aromatic N) is 1. The van der Waals surface area contributed by atoms with Crippen molar-refractivity contribution in [3.05, 3.63) is 23.8 Å². The molecule has 1 aliphatic carbocycles. The van der Waals surface area contributed by atoms with Crippen molar-refractivity contribution in [1.82, 2.24) is 10.2 Å². The van der Waals surface area contributed by atoms with Crippen molar-refractivity contribution in [2.24, 2.45) is 5.73 Å². The van der Waals surface area contributed by atoms with E-state index in [0.717, 1.165) is 18.4 Å². The van der Waals surface area contributed by atoms with Gasteiger partial charge in [-0.3, -0.25) is 9.59 Å². The van der Waals surface area contributed by atoms with Gasteiger partial charge in [-0.05, 0) is 32.3 Å². The molecule has 24 heavy (non-hydrogen) atoms. The molecule has 0 unspecified atom stereocenters. The number of nitrogens with one attached hydrogen (secondary N) is 1. The fourth-order valence-corrected chi connectivity index (χ4v) is 5.06. The molecule has 2 heterocycles. The zero-order chi connectivity index (χ0) is 17.6. The first-order valence-electron chi connectivity index (χ1n) is 7.88. The number of aliphatic carboxylic acids is 1. The molecular weight excluding hydrogens is 330 g/mol. The van der Waals surface area contributed by atoms with Gasteiger partial charge < -0.3 is 21.1 Å². The number of carboxylic acids is 1. The highest BCUT2D eigenvalue weighted by Gasteiger charge is 2.64. The lowest BCUT2D eigenvalue weighted by Crippen LogP contribution is -2.71.